The Balaban J connectivity index is 3.18. The second-order valence-corrected chi connectivity index (χ2v) is 4.03. The molecular weight excluding hydrogens is 166 g/mol. The fourth-order valence-corrected chi connectivity index (χ4v) is 2.21. The van der Waals surface area contributed by atoms with Gasteiger partial charge in [0.15, 0.2) is 6.20 Å². The van der Waals surface area contributed by atoms with E-state index in [-0.39, 0.29) is 0 Å². The van der Waals surface area contributed by atoms with Crippen LogP contribution in [-0.2, 0) is 7.05 Å². The largest absolute Gasteiger partial charge is 0.243 e. The molecule has 2 heteroatoms. The average molecular weight is 182 g/mol. The van der Waals surface area contributed by atoms with E-state index in [2.05, 4.69) is 50.0 Å². The van der Waals surface area contributed by atoms with Crippen molar-refractivity contribution < 1.29 is 4.57 Å². The van der Waals surface area contributed by atoms with E-state index in [9.17, 15) is 0 Å². The maximum atomic E-state index is 2.23. The fraction of sp³-hybridized carbons (Fsp3) is 0.500. The SMILES string of the molecule is CSc1c(C(C)C)ccc[n+]1C. The first-order valence-electron chi connectivity index (χ1n) is 4.19. The van der Waals surface area contributed by atoms with E-state index in [0.29, 0.717) is 5.92 Å². The van der Waals surface area contributed by atoms with Crippen molar-refractivity contribution in [2.75, 3.05) is 6.26 Å². The zero-order valence-corrected chi connectivity index (χ0v) is 8.98. The second-order valence-electron chi connectivity index (χ2n) is 3.24. The Morgan fingerprint density at radius 3 is 2.50 bits per heavy atom. The van der Waals surface area contributed by atoms with E-state index in [1.807, 2.05) is 11.8 Å². The number of pyridine rings is 1. The molecule has 0 saturated heterocycles. The first-order valence-corrected chi connectivity index (χ1v) is 5.41. The van der Waals surface area contributed by atoms with Crippen LogP contribution in [0.2, 0.25) is 0 Å². The van der Waals surface area contributed by atoms with Crippen molar-refractivity contribution in [1.29, 1.82) is 0 Å². The maximum Gasteiger partial charge on any atom is 0.243 e. The minimum absolute atomic E-state index is 0.611. The molecule has 0 amide bonds. The van der Waals surface area contributed by atoms with Gasteiger partial charge in [-0.1, -0.05) is 25.6 Å². The third kappa shape index (κ3) is 1.81. The molecular formula is C10H16NS+. The lowest BCUT2D eigenvalue weighted by atomic mass is 10.1. The lowest BCUT2D eigenvalue weighted by Gasteiger charge is -2.06. The zero-order valence-electron chi connectivity index (χ0n) is 8.16. The number of hydrogen-bond donors (Lipinski definition) is 0. The molecule has 66 valence electrons. The van der Waals surface area contributed by atoms with Crippen LogP contribution in [0.5, 0.6) is 0 Å². The monoisotopic (exact) mass is 182 g/mol. The number of nitrogens with zero attached hydrogens (tertiary/aromatic N) is 1. The van der Waals surface area contributed by atoms with E-state index in [1.54, 1.807) is 0 Å². The number of hydrogen-bond acceptors (Lipinski definition) is 1. The van der Waals surface area contributed by atoms with Crippen LogP contribution < -0.4 is 4.57 Å². The van der Waals surface area contributed by atoms with Crippen molar-refractivity contribution in [3.63, 3.8) is 0 Å². The highest BCUT2D eigenvalue weighted by Gasteiger charge is 2.13. The Morgan fingerprint density at radius 1 is 1.42 bits per heavy atom. The molecule has 0 aliphatic carbocycles. The first kappa shape index (κ1) is 9.59. The van der Waals surface area contributed by atoms with Crippen LogP contribution in [0.1, 0.15) is 25.3 Å². The van der Waals surface area contributed by atoms with Gasteiger partial charge in [0.05, 0.1) is 0 Å². The molecule has 0 bridgehead atoms. The highest BCUT2D eigenvalue weighted by atomic mass is 32.2. The van der Waals surface area contributed by atoms with Gasteiger partial charge in [0.1, 0.15) is 7.05 Å². The van der Waals surface area contributed by atoms with Crippen LogP contribution in [0.4, 0.5) is 0 Å². The zero-order chi connectivity index (χ0) is 9.14. The van der Waals surface area contributed by atoms with Gasteiger partial charge in [0, 0.05) is 11.6 Å². The molecule has 0 saturated carbocycles. The second kappa shape index (κ2) is 3.94. The molecule has 0 unspecified atom stereocenters. The summed E-state index contributed by atoms with van der Waals surface area (Å²) in [4.78, 5) is 0. The number of aryl methyl sites for hydroxylation is 1. The quantitative estimate of drug-likeness (QED) is 0.501. The molecule has 0 N–H and O–H groups in total. The summed E-state index contributed by atoms with van der Waals surface area (Å²) < 4.78 is 2.18. The summed E-state index contributed by atoms with van der Waals surface area (Å²) in [6, 6.07) is 4.31. The molecule has 0 atom stereocenters. The summed E-state index contributed by atoms with van der Waals surface area (Å²) in [5.74, 6) is 0.611. The van der Waals surface area contributed by atoms with Gasteiger partial charge in [-0.25, -0.2) is 0 Å². The van der Waals surface area contributed by atoms with Crippen molar-refractivity contribution in [3.05, 3.63) is 23.9 Å². The minimum Gasteiger partial charge on any atom is -0.196 e. The highest BCUT2D eigenvalue weighted by molar-refractivity contribution is 7.98. The summed E-state index contributed by atoms with van der Waals surface area (Å²) in [5.41, 5.74) is 1.44. The topological polar surface area (TPSA) is 3.88 Å². The summed E-state index contributed by atoms with van der Waals surface area (Å²) in [5, 5.41) is 1.37. The molecule has 1 aromatic rings. The Hall–Kier alpha value is -0.500. The Labute approximate surface area is 78.8 Å². The highest BCUT2D eigenvalue weighted by Crippen LogP contribution is 2.22. The van der Waals surface area contributed by atoms with Gasteiger partial charge in [0.25, 0.3) is 0 Å². The Morgan fingerprint density at radius 2 is 2.08 bits per heavy atom. The smallest absolute Gasteiger partial charge is 0.196 e. The molecule has 1 rings (SSSR count). The van der Waals surface area contributed by atoms with Crippen LogP contribution >= 0.6 is 11.8 Å². The molecule has 0 radical (unpaired) electrons. The molecule has 0 aromatic carbocycles. The van der Waals surface area contributed by atoms with Gasteiger partial charge < -0.3 is 0 Å². The average Bonchev–Trinajstić information content (AvgIpc) is 2.03. The number of rotatable bonds is 2. The number of thioether (sulfide) groups is 1. The summed E-state index contributed by atoms with van der Waals surface area (Å²) >= 11 is 1.81. The summed E-state index contributed by atoms with van der Waals surface area (Å²) in [6.07, 6.45) is 4.22. The van der Waals surface area contributed by atoms with Crippen molar-refractivity contribution in [3.8, 4) is 0 Å². The molecule has 0 fully saturated rings. The number of aromatic nitrogens is 1. The van der Waals surface area contributed by atoms with Gasteiger partial charge in [-0.05, 0) is 18.2 Å². The molecule has 1 heterocycles. The van der Waals surface area contributed by atoms with Gasteiger partial charge in [-0.15, -0.1) is 0 Å². The molecule has 0 aliphatic rings. The van der Waals surface area contributed by atoms with Gasteiger partial charge in [-0.3, -0.25) is 0 Å². The lowest BCUT2D eigenvalue weighted by Crippen LogP contribution is -2.31. The van der Waals surface area contributed by atoms with E-state index in [1.165, 1.54) is 10.6 Å². The minimum atomic E-state index is 0.611. The third-order valence-electron chi connectivity index (χ3n) is 1.97. The van der Waals surface area contributed by atoms with Crippen molar-refractivity contribution in [2.45, 2.75) is 24.8 Å². The molecule has 0 aliphatic heterocycles. The third-order valence-corrected chi connectivity index (χ3v) is 2.88. The predicted molar refractivity (Wildman–Crippen MR) is 53.5 cm³/mol. The Bertz CT molecular complexity index is 269. The molecule has 1 nitrogen and oxygen atoms in total. The predicted octanol–water partition coefficient (Wildman–Crippen LogP) is 2.36. The maximum absolute atomic E-state index is 2.23. The summed E-state index contributed by atoms with van der Waals surface area (Å²) in [6.45, 7) is 4.46. The fourth-order valence-electron chi connectivity index (χ4n) is 1.32. The summed E-state index contributed by atoms with van der Waals surface area (Å²) in [7, 11) is 2.09. The van der Waals surface area contributed by atoms with Gasteiger partial charge in [-0.2, -0.15) is 4.57 Å². The van der Waals surface area contributed by atoms with Crippen LogP contribution in [0.3, 0.4) is 0 Å². The van der Waals surface area contributed by atoms with Gasteiger partial charge >= 0.3 is 0 Å². The van der Waals surface area contributed by atoms with Crippen LogP contribution in [0.15, 0.2) is 23.4 Å². The molecule has 12 heavy (non-hydrogen) atoms. The first-order chi connectivity index (χ1) is 5.66. The normalized spacial score (nSPS) is 10.8. The lowest BCUT2D eigenvalue weighted by molar-refractivity contribution is -0.709. The molecule has 1 aromatic heterocycles. The van der Waals surface area contributed by atoms with Crippen molar-refractivity contribution in [1.82, 2.24) is 0 Å². The van der Waals surface area contributed by atoms with E-state index >= 15 is 0 Å². The van der Waals surface area contributed by atoms with E-state index in [0.717, 1.165) is 0 Å². The van der Waals surface area contributed by atoms with Crippen LogP contribution in [0, 0.1) is 0 Å². The van der Waals surface area contributed by atoms with E-state index in [4.69, 9.17) is 0 Å². The van der Waals surface area contributed by atoms with Crippen LogP contribution in [-0.4, -0.2) is 6.26 Å². The van der Waals surface area contributed by atoms with Crippen LogP contribution in [0.25, 0.3) is 0 Å². The standard InChI is InChI=1S/C10H16NS/c1-8(2)9-6-5-7-11(3)10(9)12-4/h5-8H,1-4H3/q+1. The van der Waals surface area contributed by atoms with E-state index < -0.39 is 0 Å². The van der Waals surface area contributed by atoms with Gasteiger partial charge in [0.2, 0.25) is 5.03 Å². The van der Waals surface area contributed by atoms with Crippen molar-refractivity contribution in [2.24, 2.45) is 7.05 Å². The molecule has 0 spiro atoms. The van der Waals surface area contributed by atoms with Crippen molar-refractivity contribution >= 4 is 11.8 Å². The Kier molecular flexibility index (Phi) is 3.15.